The van der Waals surface area contributed by atoms with Crippen LogP contribution in [0.1, 0.15) is 17.5 Å². The second-order valence-electron chi connectivity index (χ2n) is 5.62. The molecule has 0 aromatic heterocycles. The van der Waals surface area contributed by atoms with E-state index in [9.17, 15) is 13.0 Å². The molecule has 1 aliphatic heterocycles. The van der Waals surface area contributed by atoms with Crippen molar-refractivity contribution in [2.75, 3.05) is 6.61 Å². The molecule has 0 aliphatic carbocycles. The van der Waals surface area contributed by atoms with Gasteiger partial charge in [0.2, 0.25) is 0 Å². The molecule has 1 heterocycles. The van der Waals surface area contributed by atoms with Crippen LogP contribution in [0.5, 0.6) is 11.5 Å². The molecule has 1 aliphatic rings. The quantitative estimate of drug-likeness (QED) is 0.870. The summed E-state index contributed by atoms with van der Waals surface area (Å²) in [5, 5.41) is 0. The molecule has 1 unspecified atom stereocenters. The molecule has 0 fully saturated rings. The average Bonchev–Trinajstić information content (AvgIpc) is 2.51. The van der Waals surface area contributed by atoms with Crippen molar-refractivity contribution < 1.29 is 22.4 Å². The zero-order valence-electron chi connectivity index (χ0n) is 12.7. The highest BCUT2D eigenvalue weighted by Gasteiger charge is 2.22. The van der Waals surface area contributed by atoms with E-state index in [1.807, 2.05) is 31.2 Å². The van der Waals surface area contributed by atoms with Gasteiger partial charge in [-0.15, -0.1) is 0 Å². The summed E-state index contributed by atoms with van der Waals surface area (Å²) in [6.45, 7) is 2.30. The maximum absolute atomic E-state index is 11.5. The van der Waals surface area contributed by atoms with Gasteiger partial charge in [0.15, 0.2) is 11.5 Å². The Labute approximate surface area is 135 Å². The lowest BCUT2D eigenvalue weighted by Crippen LogP contribution is -2.29. The number of aryl methyl sites for hydroxylation is 2. The van der Waals surface area contributed by atoms with E-state index in [1.165, 1.54) is 6.07 Å². The number of para-hydroxylation sites is 2. The average molecular weight is 334 g/mol. The zero-order chi connectivity index (χ0) is 16.4. The Morgan fingerprint density at radius 1 is 1.17 bits per heavy atom. The van der Waals surface area contributed by atoms with E-state index in [0.29, 0.717) is 30.8 Å². The van der Waals surface area contributed by atoms with Gasteiger partial charge in [0.1, 0.15) is 12.7 Å². The van der Waals surface area contributed by atoms with Crippen molar-refractivity contribution in [2.45, 2.75) is 30.8 Å². The summed E-state index contributed by atoms with van der Waals surface area (Å²) in [4.78, 5) is -0.0415. The molecular formula is C17H18O5S. The van der Waals surface area contributed by atoms with Crippen molar-refractivity contribution in [1.29, 1.82) is 0 Å². The fourth-order valence-electron chi connectivity index (χ4n) is 2.68. The van der Waals surface area contributed by atoms with Crippen molar-refractivity contribution >= 4 is 10.1 Å². The topological polar surface area (TPSA) is 72.8 Å². The monoisotopic (exact) mass is 334 g/mol. The molecule has 6 heteroatoms. The summed E-state index contributed by atoms with van der Waals surface area (Å²) in [5.41, 5.74) is 1.54. The van der Waals surface area contributed by atoms with Crippen LogP contribution in [0.4, 0.5) is 0 Å². The minimum Gasteiger partial charge on any atom is -0.486 e. The first kappa shape index (κ1) is 15.8. The van der Waals surface area contributed by atoms with Gasteiger partial charge >= 0.3 is 0 Å². The van der Waals surface area contributed by atoms with Gasteiger partial charge in [-0.2, -0.15) is 8.42 Å². The van der Waals surface area contributed by atoms with Crippen molar-refractivity contribution in [1.82, 2.24) is 0 Å². The largest absolute Gasteiger partial charge is 0.486 e. The first-order valence-electron chi connectivity index (χ1n) is 7.39. The van der Waals surface area contributed by atoms with E-state index in [-0.39, 0.29) is 11.0 Å². The molecule has 0 amide bonds. The number of hydrogen-bond donors (Lipinski definition) is 1. The van der Waals surface area contributed by atoms with Crippen molar-refractivity contribution in [3.63, 3.8) is 0 Å². The van der Waals surface area contributed by atoms with Gasteiger partial charge in [-0.05, 0) is 43.5 Å². The van der Waals surface area contributed by atoms with Gasteiger partial charge in [0.05, 0.1) is 4.90 Å². The van der Waals surface area contributed by atoms with E-state index < -0.39 is 10.1 Å². The summed E-state index contributed by atoms with van der Waals surface area (Å²) in [6.07, 6.45) is 0.924. The second kappa shape index (κ2) is 6.22. The first-order chi connectivity index (χ1) is 10.9. The van der Waals surface area contributed by atoms with Crippen LogP contribution in [0.25, 0.3) is 0 Å². The third kappa shape index (κ3) is 3.65. The number of fused-ring (bicyclic) bond motifs is 1. The van der Waals surface area contributed by atoms with Crippen LogP contribution in [0, 0.1) is 6.92 Å². The van der Waals surface area contributed by atoms with E-state index in [1.54, 1.807) is 12.1 Å². The van der Waals surface area contributed by atoms with Crippen LogP contribution in [0.2, 0.25) is 0 Å². The minimum absolute atomic E-state index is 0.0415. The van der Waals surface area contributed by atoms with Crippen LogP contribution in [-0.2, 0) is 16.5 Å². The number of benzene rings is 2. The molecule has 1 N–H and O–H groups in total. The lowest BCUT2D eigenvalue weighted by Gasteiger charge is -2.26. The maximum atomic E-state index is 11.5. The number of ether oxygens (including phenoxy) is 2. The Balaban J connectivity index is 1.74. The maximum Gasteiger partial charge on any atom is 0.294 e. The highest BCUT2D eigenvalue weighted by molar-refractivity contribution is 7.85. The highest BCUT2D eigenvalue weighted by atomic mass is 32.2. The van der Waals surface area contributed by atoms with Crippen LogP contribution in [0.15, 0.2) is 47.4 Å². The normalized spacial score (nSPS) is 17.0. The van der Waals surface area contributed by atoms with E-state index in [2.05, 4.69) is 0 Å². The van der Waals surface area contributed by atoms with Gasteiger partial charge in [0.25, 0.3) is 10.1 Å². The van der Waals surface area contributed by atoms with Gasteiger partial charge in [-0.25, -0.2) is 0 Å². The fourth-order valence-corrected chi connectivity index (χ4v) is 3.41. The molecule has 0 spiro atoms. The zero-order valence-corrected chi connectivity index (χ0v) is 13.5. The lowest BCUT2D eigenvalue weighted by molar-refractivity contribution is 0.0850. The third-order valence-corrected chi connectivity index (χ3v) is 4.75. The standard InChI is InChI=1S/C17H18O5S/c1-12-6-9-17(23(18,19)20)13(10-12)7-8-14-11-21-15-4-2-3-5-16(15)22-14/h2-6,9-10,14H,7-8,11H2,1H3,(H,18,19,20). The summed E-state index contributed by atoms with van der Waals surface area (Å²) < 4.78 is 43.8. The Bertz CT molecular complexity index is 813. The predicted molar refractivity (Wildman–Crippen MR) is 85.7 cm³/mol. The van der Waals surface area contributed by atoms with Crippen molar-refractivity contribution in [3.05, 3.63) is 53.6 Å². The predicted octanol–water partition coefficient (Wildman–Crippen LogP) is 3.01. The van der Waals surface area contributed by atoms with Crippen LogP contribution >= 0.6 is 0 Å². The van der Waals surface area contributed by atoms with Gasteiger partial charge < -0.3 is 9.47 Å². The Kier molecular flexibility index (Phi) is 4.28. The molecule has 122 valence electrons. The Morgan fingerprint density at radius 3 is 2.65 bits per heavy atom. The van der Waals surface area contributed by atoms with Gasteiger partial charge in [-0.3, -0.25) is 4.55 Å². The van der Waals surface area contributed by atoms with Gasteiger partial charge in [-0.1, -0.05) is 29.8 Å². The molecule has 0 bridgehead atoms. The van der Waals surface area contributed by atoms with Crippen molar-refractivity contribution in [3.8, 4) is 11.5 Å². The van der Waals surface area contributed by atoms with Crippen molar-refractivity contribution in [2.24, 2.45) is 0 Å². The smallest absolute Gasteiger partial charge is 0.294 e. The Morgan fingerprint density at radius 2 is 1.91 bits per heavy atom. The molecule has 2 aromatic carbocycles. The molecule has 1 atom stereocenters. The van der Waals surface area contributed by atoms with Gasteiger partial charge in [0, 0.05) is 0 Å². The van der Waals surface area contributed by atoms with E-state index in [4.69, 9.17) is 9.47 Å². The summed E-state index contributed by atoms with van der Waals surface area (Å²) in [6, 6.07) is 12.3. The number of hydrogen-bond acceptors (Lipinski definition) is 4. The second-order valence-corrected chi connectivity index (χ2v) is 7.01. The van der Waals surface area contributed by atoms with Crippen LogP contribution in [-0.4, -0.2) is 25.7 Å². The van der Waals surface area contributed by atoms with Crippen LogP contribution < -0.4 is 9.47 Å². The molecule has 3 rings (SSSR count). The third-order valence-electron chi connectivity index (χ3n) is 3.80. The Hall–Kier alpha value is -2.05. The molecule has 0 saturated heterocycles. The SMILES string of the molecule is Cc1ccc(S(=O)(=O)O)c(CCC2COc3ccccc3O2)c1. The molecule has 0 radical (unpaired) electrons. The van der Waals surface area contributed by atoms with E-state index in [0.717, 1.165) is 11.3 Å². The first-order valence-corrected chi connectivity index (χ1v) is 8.83. The molecule has 5 nitrogen and oxygen atoms in total. The van der Waals surface area contributed by atoms with Crippen LogP contribution in [0.3, 0.4) is 0 Å². The number of rotatable bonds is 4. The fraction of sp³-hybridized carbons (Fsp3) is 0.294. The lowest BCUT2D eigenvalue weighted by atomic mass is 10.0. The summed E-state index contributed by atoms with van der Waals surface area (Å²) in [7, 11) is -4.22. The summed E-state index contributed by atoms with van der Waals surface area (Å²) in [5.74, 6) is 1.42. The summed E-state index contributed by atoms with van der Waals surface area (Å²) >= 11 is 0. The minimum atomic E-state index is -4.22. The molecule has 0 saturated carbocycles. The molecule has 23 heavy (non-hydrogen) atoms. The highest BCUT2D eigenvalue weighted by Crippen LogP contribution is 2.32. The van der Waals surface area contributed by atoms with E-state index >= 15 is 0 Å². The molecular weight excluding hydrogens is 316 g/mol. The molecule has 2 aromatic rings.